The highest BCUT2D eigenvalue weighted by Gasteiger charge is 2.06. The molecule has 1 heterocycles. The maximum atomic E-state index is 11.5. The lowest BCUT2D eigenvalue weighted by atomic mass is 10.2. The average Bonchev–Trinajstić information content (AvgIpc) is 2.34. The van der Waals surface area contributed by atoms with Crippen LogP contribution >= 0.6 is 0 Å². The third-order valence-electron chi connectivity index (χ3n) is 2.00. The zero-order valence-corrected chi connectivity index (χ0v) is 10.2. The number of hydrogen-bond acceptors (Lipinski definition) is 4. The molecular weight excluding hydrogens is 216 g/mol. The molecule has 0 bridgehead atoms. The Morgan fingerprint density at radius 2 is 2.24 bits per heavy atom. The first-order valence-electron chi connectivity index (χ1n) is 5.60. The molecule has 5 nitrogen and oxygen atoms in total. The van der Waals surface area contributed by atoms with Crippen LogP contribution in [0.4, 0.5) is 5.82 Å². The number of anilines is 1. The van der Waals surface area contributed by atoms with Crippen LogP contribution in [0, 0.1) is 5.92 Å². The molecule has 0 aliphatic carbocycles. The Kier molecular flexibility index (Phi) is 5.13. The molecule has 92 valence electrons. The van der Waals surface area contributed by atoms with Gasteiger partial charge in [0.25, 0.3) is 5.91 Å². The summed E-state index contributed by atoms with van der Waals surface area (Å²) in [6.07, 6.45) is 1.61. The van der Waals surface area contributed by atoms with Crippen LogP contribution in [0.25, 0.3) is 0 Å². The Bertz CT molecular complexity index is 373. The van der Waals surface area contributed by atoms with Crippen molar-refractivity contribution in [1.29, 1.82) is 0 Å². The van der Waals surface area contributed by atoms with Gasteiger partial charge in [-0.15, -0.1) is 16.8 Å². The van der Waals surface area contributed by atoms with Gasteiger partial charge in [-0.1, -0.05) is 19.9 Å². The minimum absolute atomic E-state index is 0.243. The fraction of sp³-hybridized carbons (Fsp3) is 0.417. The maximum absolute atomic E-state index is 11.5. The summed E-state index contributed by atoms with van der Waals surface area (Å²) < 4.78 is 0. The summed E-state index contributed by atoms with van der Waals surface area (Å²) in [6, 6.07) is 3.40. The van der Waals surface area contributed by atoms with E-state index >= 15 is 0 Å². The van der Waals surface area contributed by atoms with E-state index in [-0.39, 0.29) is 5.91 Å². The van der Waals surface area contributed by atoms with Crippen LogP contribution in [0.15, 0.2) is 24.8 Å². The van der Waals surface area contributed by atoms with E-state index in [4.69, 9.17) is 0 Å². The van der Waals surface area contributed by atoms with Gasteiger partial charge in [0.15, 0.2) is 5.69 Å². The molecule has 0 spiro atoms. The van der Waals surface area contributed by atoms with Gasteiger partial charge in [0.2, 0.25) is 0 Å². The Morgan fingerprint density at radius 1 is 1.47 bits per heavy atom. The number of amides is 1. The third kappa shape index (κ3) is 4.63. The number of hydrogen-bond donors (Lipinski definition) is 2. The second-order valence-corrected chi connectivity index (χ2v) is 4.08. The quantitative estimate of drug-likeness (QED) is 0.731. The van der Waals surface area contributed by atoms with Crippen molar-refractivity contribution in [3.63, 3.8) is 0 Å². The summed E-state index contributed by atoms with van der Waals surface area (Å²) in [4.78, 5) is 11.5. The molecular formula is C12H18N4O. The highest BCUT2D eigenvalue weighted by atomic mass is 16.1. The summed E-state index contributed by atoms with van der Waals surface area (Å²) in [5, 5.41) is 13.6. The fourth-order valence-electron chi connectivity index (χ4n) is 1.11. The molecule has 0 saturated heterocycles. The van der Waals surface area contributed by atoms with E-state index in [9.17, 15) is 4.79 Å². The Morgan fingerprint density at radius 3 is 2.76 bits per heavy atom. The second-order valence-electron chi connectivity index (χ2n) is 4.08. The van der Waals surface area contributed by atoms with Gasteiger partial charge in [0, 0.05) is 13.1 Å². The molecule has 17 heavy (non-hydrogen) atoms. The normalized spacial score (nSPS) is 10.1. The highest BCUT2D eigenvalue weighted by molar-refractivity contribution is 5.92. The van der Waals surface area contributed by atoms with Crippen LogP contribution < -0.4 is 10.6 Å². The smallest absolute Gasteiger partial charge is 0.272 e. The monoisotopic (exact) mass is 234 g/mol. The van der Waals surface area contributed by atoms with E-state index in [1.54, 1.807) is 18.2 Å². The summed E-state index contributed by atoms with van der Waals surface area (Å²) in [5.41, 5.74) is 0.307. The third-order valence-corrected chi connectivity index (χ3v) is 2.00. The molecule has 0 aliphatic heterocycles. The summed E-state index contributed by atoms with van der Waals surface area (Å²) in [6.45, 7) is 8.99. The topological polar surface area (TPSA) is 66.9 Å². The number of carbonyl (C=O) groups is 1. The maximum Gasteiger partial charge on any atom is 0.272 e. The standard InChI is InChI=1S/C12H18N4O/c1-4-7-13-12(17)10-5-6-11(16-15-10)14-8-9(2)3/h4-6,9H,1,7-8H2,2-3H3,(H,13,17)(H,14,16). The average molecular weight is 234 g/mol. The molecule has 0 atom stereocenters. The van der Waals surface area contributed by atoms with E-state index in [1.165, 1.54) is 0 Å². The highest BCUT2D eigenvalue weighted by Crippen LogP contribution is 2.03. The van der Waals surface area contributed by atoms with E-state index in [2.05, 4.69) is 41.3 Å². The Balaban J connectivity index is 2.55. The van der Waals surface area contributed by atoms with Gasteiger partial charge in [-0.05, 0) is 18.1 Å². The lowest BCUT2D eigenvalue weighted by molar-refractivity contribution is 0.0952. The van der Waals surface area contributed by atoms with E-state index in [0.29, 0.717) is 24.0 Å². The molecule has 0 radical (unpaired) electrons. The summed E-state index contributed by atoms with van der Waals surface area (Å²) >= 11 is 0. The molecule has 0 unspecified atom stereocenters. The number of carbonyl (C=O) groups excluding carboxylic acids is 1. The molecule has 1 aromatic heterocycles. The molecule has 2 N–H and O–H groups in total. The minimum atomic E-state index is -0.243. The SMILES string of the molecule is C=CCNC(=O)c1ccc(NCC(C)C)nn1. The van der Waals surface area contributed by atoms with Crippen LogP contribution in [0.5, 0.6) is 0 Å². The lowest BCUT2D eigenvalue weighted by Crippen LogP contribution is -2.24. The molecule has 0 aliphatic rings. The minimum Gasteiger partial charge on any atom is -0.368 e. The number of nitrogens with zero attached hydrogens (tertiary/aromatic N) is 2. The van der Waals surface area contributed by atoms with Gasteiger partial charge < -0.3 is 10.6 Å². The summed E-state index contributed by atoms with van der Waals surface area (Å²) in [5.74, 6) is 0.971. The van der Waals surface area contributed by atoms with E-state index < -0.39 is 0 Å². The first-order valence-corrected chi connectivity index (χ1v) is 5.60. The van der Waals surface area contributed by atoms with Gasteiger partial charge in [0.05, 0.1) is 0 Å². The van der Waals surface area contributed by atoms with Crippen LogP contribution in [-0.4, -0.2) is 29.2 Å². The van der Waals surface area contributed by atoms with Gasteiger partial charge >= 0.3 is 0 Å². The lowest BCUT2D eigenvalue weighted by Gasteiger charge is -2.07. The van der Waals surface area contributed by atoms with Gasteiger partial charge in [-0.2, -0.15) is 0 Å². The van der Waals surface area contributed by atoms with Crippen molar-refractivity contribution < 1.29 is 4.79 Å². The van der Waals surface area contributed by atoms with Crippen molar-refractivity contribution in [3.05, 3.63) is 30.5 Å². The van der Waals surface area contributed by atoms with Crippen LogP contribution in [0.2, 0.25) is 0 Å². The fourth-order valence-corrected chi connectivity index (χ4v) is 1.11. The van der Waals surface area contributed by atoms with Crippen molar-refractivity contribution in [2.75, 3.05) is 18.4 Å². The largest absolute Gasteiger partial charge is 0.368 e. The molecule has 1 rings (SSSR count). The Hall–Kier alpha value is -1.91. The zero-order valence-electron chi connectivity index (χ0n) is 10.2. The second kappa shape index (κ2) is 6.62. The van der Waals surface area contributed by atoms with Crippen molar-refractivity contribution >= 4 is 11.7 Å². The van der Waals surface area contributed by atoms with Crippen LogP contribution in [-0.2, 0) is 0 Å². The molecule has 1 aromatic rings. The van der Waals surface area contributed by atoms with Crippen molar-refractivity contribution in [2.45, 2.75) is 13.8 Å². The number of rotatable bonds is 6. The van der Waals surface area contributed by atoms with E-state index in [0.717, 1.165) is 6.54 Å². The predicted octanol–water partition coefficient (Wildman–Crippen LogP) is 1.46. The Labute approximate surface area is 101 Å². The first-order chi connectivity index (χ1) is 8.13. The van der Waals surface area contributed by atoms with Crippen molar-refractivity contribution in [2.24, 2.45) is 5.92 Å². The number of aromatic nitrogens is 2. The van der Waals surface area contributed by atoms with Crippen LogP contribution in [0.1, 0.15) is 24.3 Å². The van der Waals surface area contributed by atoms with Crippen LogP contribution in [0.3, 0.4) is 0 Å². The van der Waals surface area contributed by atoms with Gasteiger partial charge in [0.1, 0.15) is 5.82 Å². The molecule has 5 heteroatoms. The first kappa shape index (κ1) is 13.2. The van der Waals surface area contributed by atoms with Crippen molar-refractivity contribution in [3.8, 4) is 0 Å². The molecule has 0 fully saturated rings. The predicted molar refractivity (Wildman–Crippen MR) is 67.9 cm³/mol. The van der Waals surface area contributed by atoms with Gasteiger partial charge in [-0.25, -0.2) is 0 Å². The van der Waals surface area contributed by atoms with Gasteiger partial charge in [-0.3, -0.25) is 4.79 Å². The molecule has 1 amide bonds. The number of nitrogens with one attached hydrogen (secondary N) is 2. The molecule has 0 aromatic carbocycles. The van der Waals surface area contributed by atoms with Crippen molar-refractivity contribution in [1.82, 2.24) is 15.5 Å². The molecule has 0 saturated carbocycles. The van der Waals surface area contributed by atoms with E-state index in [1.807, 2.05) is 0 Å². The summed E-state index contributed by atoms with van der Waals surface area (Å²) in [7, 11) is 0. The zero-order chi connectivity index (χ0) is 12.7.